The van der Waals surface area contributed by atoms with Crippen LogP contribution in [0.4, 0.5) is 11.4 Å². The van der Waals surface area contributed by atoms with Gasteiger partial charge in [0.2, 0.25) is 5.91 Å². The Kier molecular flexibility index (Phi) is 6.62. The van der Waals surface area contributed by atoms with Crippen LogP contribution in [0.2, 0.25) is 0 Å². The van der Waals surface area contributed by atoms with Gasteiger partial charge in [0.05, 0.1) is 15.5 Å². The van der Waals surface area contributed by atoms with E-state index in [0.717, 1.165) is 23.1 Å². The van der Waals surface area contributed by atoms with Crippen LogP contribution in [0.3, 0.4) is 0 Å². The van der Waals surface area contributed by atoms with E-state index in [1.807, 2.05) is 17.5 Å². The number of aromatic hydroxyl groups is 1. The third-order valence-electron chi connectivity index (χ3n) is 3.94. The predicted molar refractivity (Wildman–Crippen MR) is 117 cm³/mol. The van der Waals surface area contributed by atoms with E-state index in [0.29, 0.717) is 15.6 Å². The van der Waals surface area contributed by atoms with Gasteiger partial charge in [-0.1, -0.05) is 30.0 Å². The number of phenolic OH excluding ortho intramolecular Hbond substituents is 1. The molecule has 2 heterocycles. The number of hydrogen-bond donors (Lipinski definition) is 2. The van der Waals surface area contributed by atoms with E-state index in [1.54, 1.807) is 6.08 Å². The number of amides is 2. The number of rotatable bonds is 7. The highest BCUT2D eigenvalue weighted by Crippen LogP contribution is 2.33. The van der Waals surface area contributed by atoms with Crippen LogP contribution in [0.5, 0.6) is 5.75 Å². The number of anilines is 1. The molecule has 8 nitrogen and oxygen atoms in total. The van der Waals surface area contributed by atoms with E-state index in [9.17, 15) is 24.8 Å². The summed E-state index contributed by atoms with van der Waals surface area (Å²) in [7, 11) is 0. The van der Waals surface area contributed by atoms with Gasteiger partial charge >= 0.3 is 0 Å². The quantitative estimate of drug-likeness (QED) is 0.216. The Morgan fingerprint density at radius 2 is 2.17 bits per heavy atom. The van der Waals surface area contributed by atoms with Crippen LogP contribution in [0.15, 0.2) is 40.6 Å². The van der Waals surface area contributed by atoms with Gasteiger partial charge in [-0.25, -0.2) is 0 Å². The van der Waals surface area contributed by atoms with E-state index in [2.05, 4.69) is 5.32 Å². The Balaban J connectivity index is 1.54. The maximum Gasteiger partial charge on any atom is 0.271 e. The second kappa shape index (κ2) is 9.16. The van der Waals surface area contributed by atoms with Gasteiger partial charge < -0.3 is 10.4 Å². The van der Waals surface area contributed by atoms with Crippen LogP contribution < -0.4 is 5.32 Å². The highest BCUT2D eigenvalue weighted by molar-refractivity contribution is 8.26. The van der Waals surface area contributed by atoms with Gasteiger partial charge in [-0.15, -0.1) is 11.3 Å². The van der Waals surface area contributed by atoms with Crippen molar-refractivity contribution in [2.24, 2.45) is 0 Å². The van der Waals surface area contributed by atoms with Gasteiger partial charge in [0.1, 0.15) is 10.1 Å². The molecule has 0 atom stereocenters. The molecule has 3 rings (SSSR count). The lowest BCUT2D eigenvalue weighted by molar-refractivity contribution is -0.384. The molecule has 0 radical (unpaired) electrons. The summed E-state index contributed by atoms with van der Waals surface area (Å²) >= 11 is 8.01. The first-order valence-electron chi connectivity index (χ1n) is 8.41. The first-order chi connectivity index (χ1) is 13.8. The lowest BCUT2D eigenvalue weighted by atomic mass is 10.2. The van der Waals surface area contributed by atoms with Crippen LogP contribution in [-0.2, 0) is 9.59 Å². The first-order valence-corrected chi connectivity index (χ1v) is 10.5. The second-order valence-corrected chi connectivity index (χ2v) is 8.61. The average molecular weight is 450 g/mol. The summed E-state index contributed by atoms with van der Waals surface area (Å²) in [6.45, 7) is 0.279. The van der Waals surface area contributed by atoms with Gasteiger partial charge in [0, 0.05) is 30.0 Å². The predicted octanol–water partition coefficient (Wildman–Crippen LogP) is 3.98. The average Bonchev–Trinajstić information content (AvgIpc) is 3.27. The van der Waals surface area contributed by atoms with Crippen molar-refractivity contribution < 1.29 is 19.6 Å². The number of thiophene rings is 1. The van der Waals surface area contributed by atoms with Crippen molar-refractivity contribution in [3.8, 4) is 5.75 Å². The molecule has 0 spiro atoms. The number of hydrogen-bond acceptors (Lipinski definition) is 8. The van der Waals surface area contributed by atoms with Crippen molar-refractivity contribution in [1.29, 1.82) is 0 Å². The van der Waals surface area contributed by atoms with E-state index in [-0.39, 0.29) is 36.0 Å². The van der Waals surface area contributed by atoms with Crippen molar-refractivity contribution in [3.05, 3.63) is 55.6 Å². The molecule has 1 fully saturated rings. The third-order valence-corrected chi connectivity index (χ3v) is 6.14. The summed E-state index contributed by atoms with van der Waals surface area (Å²) in [5.74, 6) is -0.884. The van der Waals surface area contributed by atoms with Gasteiger partial charge in [-0.2, -0.15) is 0 Å². The molecule has 0 aliphatic carbocycles. The zero-order chi connectivity index (χ0) is 21.0. The number of carbonyl (C=O) groups excluding carboxylic acids is 2. The fourth-order valence-electron chi connectivity index (χ4n) is 2.54. The number of nitro groups is 1. The molecule has 0 unspecified atom stereocenters. The molecule has 1 aromatic heterocycles. The Bertz CT molecular complexity index is 1000. The van der Waals surface area contributed by atoms with E-state index in [4.69, 9.17) is 12.2 Å². The molecule has 1 aromatic carbocycles. The molecule has 0 saturated carbocycles. The van der Waals surface area contributed by atoms with E-state index < -0.39 is 10.8 Å². The number of thioether (sulfide) groups is 1. The minimum absolute atomic E-state index is 0.0336. The summed E-state index contributed by atoms with van der Waals surface area (Å²) in [6.07, 6.45) is 2.20. The molecule has 2 N–H and O–H groups in total. The van der Waals surface area contributed by atoms with Gasteiger partial charge in [-0.05, 0) is 30.0 Å². The van der Waals surface area contributed by atoms with Crippen molar-refractivity contribution >= 4 is 68.9 Å². The SMILES string of the molecule is O=C(CCCN1C(=O)C(=Cc2cccs2)SC1=S)Nc1cc([N+](=O)[O-])ccc1O. The Morgan fingerprint density at radius 3 is 2.86 bits per heavy atom. The number of phenols is 1. The fraction of sp³-hybridized carbons (Fsp3) is 0.167. The zero-order valence-corrected chi connectivity index (χ0v) is 17.3. The van der Waals surface area contributed by atoms with Crippen molar-refractivity contribution in [3.63, 3.8) is 0 Å². The van der Waals surface area contributed by atoms with Crippen molar-refractivity contribution in [2.45, 2.75) is 12.8 Å². The van der Waals surface area contributed by atoms with Crippen molar-refractivity contribution in [2.75, 3.05) is 11.9 Å². The lowest BCUT2D eigenvalue weighted by Crippen LogP contribution is -2.29. The molecular formula is C18H15N3O5S3. The lowest BCUT2D eigenvalue weighted by Gasteiger charge is -2.14. The van der Waals surface area contributed by atoms with E-state index in [1.165, 1.54) is 28.0 Å². The Hall–Kier alpha value is -2.76. The van der Waals surface area contributed by atoms with Crippen LogP contribution in [0.1, 0.15) is 17.7 Å². The number of thiocarbonyl (C=S) groups is 1. The Morgan fingerprint density at radius 1 is 1.38 bits per heavy atom. The van der Waals surface area contributed by atoms with Crippen LogP contribution >= 0.6 is 35.3 Å². The molecule has 11 heteroatoms. The first kappa shape index (κ1) is 21.0. The van der Waals surface area contributed by atoms with Gasteiger partial charge in [0.15, 0.2) is 0 Å². The summed E-state index contributed by atoms with van der Waals surface area (Å²) in [5.41, 5.74) is -0.276. The van der Waals surface area contributed by atoms with Gasteiger partial charge in [0.25, 0.3) is 11.6 Å². The summed E-state index contributed by atoms with van der Waals surface area (Å²) in [5, 5.41) is 24.9. The second-order valence-electron chi connectivity index (χ2n) is 5.96. The molecule has 29 heavy (non-hydrogen) atoms. The van der Waals surface area contributed by atoms with Crippen LogP contribution in [0, 0.1) is 10.1 Å². The number of nitrogens with one attached hydrogen (secondary N) is 1. The highest BCUT2D eigenvalue weighted by Gasteiger charge is 2.31. The molecule has 0 bridgehead atoms. The maximum atomic E-state index is 12.5. The molecule has 1 saturated heterocycles. The minimum atomic E-state index is -0.617. The molecule has 150 valence electrons. The third kappa shape index (κ3) is 5.19. The summed E-state index contributed by atoms with van der Waals surface area (Å²) < 4.78 is 0.439. The molecule has 2 aromatic rings. The Labute approximate surface area is 179 Å². The fourth-order valence-corrected chi connectivity index (χ4v) is 4.57. The monoisotopic (exact) mass is 449 g/mol. The molecular weight excluding hydrogens is 434 g/mol. The number of nitro benzene ring substituents is 1. The van der Waals surface area contributed by atoms with E-state index >= 15 is 0 Å². The summed E-state index contributed by atoms with van der Waals surface area (Å²) in [4.78, 5) is 37.8. The number of benzene rings is 1. The number of carbonyl (C=O) groups is 2. The van der Waals surface area contributed by atoms with Crippen LogP contribution in [0.25, 0.3) is 6.08 Å². The molecule has 1 aliphatic rings. The summed E-state index contributed by atoms with van der Waals surface area (Å²) in [6, 6.07) is 7.18. The maximum absolute atomic E-state index is 12.5. The van der Waals surface area contributed by atoms with Crippen molar-refractivity contribution in [1.82, 2.24) is 4.90 Å². The topological polar surface area (TPSA) is 113 Å². The minimum Gasteiger partial charge on any atom is -0.506 e. The zero-order valence-electron chi connectivity index (χ0n) is 14.9. The smallest absolute Gasteiger partial charge is 0.271 e. The highest BCUT2D eigenvalue weighted by atomic mass is 32.2. The standard InChI is InChI=1S/C18H15N3O5S3/c22-14-6-5-11(21(25)26)9-13(14)19-16(23)4-1-7-20-17(24)15(29-18(20)27)10-12-3-2-8-28-12/h2-3,5-6,8-10,22H,1,4,7H2,(H,19,23). The van der Waals surface area contributed by atoms with Crippen LogP contribution in [-0.4, -0.2) is 37.6 Å². The number of nitrogens with zero attached hydrogens (tertiary/aromatic N) is 2. The number of non-ortho nitro benzene ring substituents is 1. The van der Waals surface area contributed by atoms with Gasteiger partial charge in [-0.3, -0.25) is 24.6 Å². The molecule has 2 amide bonds. The normalized spacial score (nSPS) is 15.2. The molecule has 1 aliphatic heterocycles. The largest absolute Gasteiger partial charge is 0.506 e.